The topological polar surface area (TPSA) is 33.6 Å². The molecule has 0 radical (unpaired) electrons. The summed E-state index contributed by atoms with van der Waals surface area (Å²) in [6.07, 6.45) is 0. The Hall–Kier alpha value is -2.78. The lowest BCUT2D eigenvalue weighted by Gasteiger charge is -2.36. The van der Waals surface area contributed by atoms with Gasteiger partial charge in [-0.25, -0.2) is 0 Å². The van der Waals surface area contributed by atoms with E-state index in [1.165, 1.54) is 0 Å². The number of para-hydroxylation sites is 1. The first kappa shape index (κ1) is 15.7. The second kappa shape index (κ2) is 6.26. The number of hydrogen-bond acceptors (Lipinski definition) is 3. The van der Waals surface area contributed by atoms with E-state index in [2.05, 4.69) is 22.4 Å². The smallest absolute Gasteiger partial charge is 0.295 e. The maximum atomic E-state index is 6.33. The molecule has 1 aliphatic rings. The first-order chi connectivity index (χ1) is 12.1. The standard InChI is InChI=1S/C21H17ClN2O/c1-21(15-8-4-2-5-9-15)18-14-16(22)12-13-19(18)24-20(25-21)23-17-10-6-3-7-11-17/h2-14H,1H3,(H,23,24). The minimum atomic E-state index is -0.680. The van der Waals surface area contributed by atoms with Crippen molar-refractivity contribution in [1.82, 2.24) is 0 Å². The van der Waals surface area contributed by atoms with Crippen molar-refractivity contribution in [2.24, 2.45) is 4.99 Å². The number of halogens is 1. The second-order valence-corrected chi connectivity index (χ2v) is 6.51. The van der Waals surface area contributed by atoms with Crippen molar-refractivity contribution in [1.29, 1.82) is 0 Å². The molecule has 0 fully saturated rings. The molecule has 0 saturated carbocycles. The van der Waals surface area contributed by atoms with Gasteiger partial charge >= 0.3 is 0 Å². The Labute approximate surface area is 151 Å². The fourth-order valence-electron chi connectivity index (χ4n) is 3.04. The number of nitrogens with zero attached hydrogens (tertiary/aromatic N) is 1. The number of amidine groups is 1. The minimum absolute atomic E-state index is 0.465. The molecular formula is C21H17ClN2O. The van der Waals surface area contributed by atoms with Crippen molar-refractivity contribution in [2.75, 3.05) is 5.32 Å². The van der Waals surface area contributed by atoms with Crippen LogP contribution in [0.5, 0.6) is 0 Å². The fourth-order valence-corrected chi connectivity index (χ4v) is 3.21. The quantitative estimate of drug-likeness (QED) is 0.641. The van der Waals surface area contributed by atoms with Crippen molar-refractivity contribution >= 4 is 29.0 Å². The van der Waals surface area contributed by atoms with Crippen LogP contribution < -0.4 is 5.32 Å². The van der Waals surface area contributed by atoms with Crippen LogP contribution in [0.3, 0.4) is 0 Å². The van der Waals surface area contributed by atoms with Crippen molar-refractivity contribution in [3.8, 4) is 0 Å². The van der Waals surface area contributed by atoms with Crippen molar-refractivity contribution in [3.63, 3.8) is 0 Å². The Kier molecular flexibility index (Phi) is 3.94. The third-order valence-electron chi connectivity index (χ3n) is 4.35. The third kappa shape index (κ3) is 2.99. The Morgan fingerprint density at radius 3 is 2.32 bits per heavy atom. The molecule has 0 aromatic heterocycles. The lowest BCUT2D eigenvalue weighted by Crippen LogP contribution is -2.36. The number of nitrogens with one attached hydrogen (secondary N) is 1. The molecule has 1 N–H and O–H groups in total. The molecule has 3 aromatic carbocycles. The molecule has 1 unspecified atom stereocenters. The highest BCUT2D eigenvalue weighted by molar-refractivity contribution is 6.30. The monoisotopic (exact) mass is 348 g/mol. The van der Waals surface area contributed by atoms with Crippen molar-refractivity contribution in [2.45, 2.75) is 12.5 Å². The van der Waals surface area contributed by atoms with E-state index in [0.29, 0.717) is 11.0 Å². The number of benzene rings is 3. The van der Waals surface area contributed by atoms with E-state index in [1.807, 2.05) is 73.7 Å². The Bertz CT molecular complexity index is 925. The van der Waals surface area contributed by atoms with Crippen LogP contribution in [-0.2, 0) is 10.3 Å². The first-order valence-corrected chi connectivity index (χ1v) is 8.48. The molecule has 0 bridgehead atoms. The van der Waals surface area contributed by atoms with Gasteiger partial charge in [-0.1, -0.05) is 60.1 Å². The highest BCUT2D eigenvalue weighted by atomic mass is 35.5. The van der Waals surface area contributed by atoms with Gasteiger partial charge in [0.25, 0.3) is 6.02 Å². The van der Waals surface area contributed by atoms with Crippen LogP contribution in [0.1, 0.15) is 18.1 Å². The van der Waals surface area contributed by atoms with Crippen molar-refractivity contribution in [3.05, 3.63) is 95.0 Å². The van der Waals surface area contributed by atoms with E-state index >= 15 is 0 Å². The maximum absolute atomic E-state index is 6.33. The Morgan fingerprint density at radius 1 is 0.920 bits per heavy atom. The predicted octanol–water partition coefficient (Wildman–Crippen LogP) is 5.73. The van der Waals surface area contributed by atoms with Gasteiger partial charge in [0.05, 0.1) is 5.69 Å². The highest BCUT2D eigenvalue weighted by Crippen LogP contribution is 2.43. The second-order valence-electron chi connectivity index (χ2n) is 6.07. The van der Waals surface area contributed by atoms with Gasteiger partial charge in [0, 0.05) is 16.3 Å². The Balaban J connectivity index is 1.81. The summed E-state index contributed by atoms with van der Waals surface area (Å²) in [5.41, 5.74) is 3.08. The summed E-state index contributed by atoms with van der Waals surface area (Å²) in [5.74, 6) is 0. The van der Waals surface area contributed by atoms with E-state index < -0.39 is 5.60 Å². The molecule has 4 rings (SSSR count). The molecule has 0 amide bonds. The lowest BCUT2D eigenvalue weighted by atomic mass is 9.86. The van der Waals surface area contributed by atoms with E-state index in [4.69, 9.17) is 16.3 Å². The molecule has 124 valence electrons. The van der Waals surface area contributed by atoms with Crippen LogP contribution in [-0.4, -0.2) is 6.02 Å². The maximum Gasteiger partial charge on any atom is 0.295 e. The molecule has 4 heteroatoms. The molecule has 1 aliphatic heterocycles. The predicted molar refractivity (Wildman–Crippen MR) is 103 cm³/mol. The number of hydrogen-bond donors (Lipinski definition) is 1. The summed E-state index contributed by atoms with van der Waals surface area (Å²) in [7, 11) is 0. The fraction of sp³-hybridized carbons (Fsp3) is 0.0952. The zero-order chi connectivity index (χ0) is 17.3. The van der Waals surface area contributed by atoms with Gasteiger partial charge in [0.15, 0.2) is 5.60 Å². The molecule has 0 spiro atoms. The van der Waals surface area contributed by atoms with Crippen LogP contribution >= 0.6 is 11.6 Å². The van der Waals surface area contributed by atoms with Gasteiger partial charge in [0.2, 0.25) is 0 Å². The molecule has 0 aliphatic carbocycles. The summed E-state index contributed by atoms with van der Waals surface area (Å²) in [5, 5.41) is 3.92. The highest BCUT2D eigenvalue weighted by Gasteiger charge is 2.38. The summed E-state index contributed by atoms with van der Waals surface area (Å²) < 4.78 is 6.33. The van der Waals surface area contributed by atoms with E-state index in [1.54, 1.807) is 0 Å². The van der Waals surface area contributed by atoms with Crippen molar-refractivity contribution < 1.29 is 4.74 Å². The molecule has 1 atom stereocenters. The Morgan fingerprint density at radius 2 is 1.60 bits per heavy atom. The van der Waals surface area contributed by atoms with Crippen LogP contribution in [0.15, 0.2) is 83.9 Å². The number of anilines is 1. The summed E-state index contributed by atoms with van der Waals surface area (Å²) in [6, 6.07) is 26.1. The average Bonchev–Trinajstić information content (AvgIpc) is 2.64. The van der Waals surface area contributed by atoms with Gasteiger partial charge in [-0.2, -0.15) is 4.99 Å². The third-order valence-corrected chi connectivity index (χ3v) is 4.58. The van der Waals surface area contributed by atoms with Gasteiger partial charge in [-0.15, -0.1) is 0 Å². The molecule has 25 heavy (non-hydrogen) atoms. The number of fused-ring (bicyclic) bond motifs is 1. The molecule has 3 aromatic rings. The largest absolute Gasteiger partial charge is 0.449 e. The zero-order valence-corrected chi connectivity index (χ0v) is 14.5. The molecule has 0 saturated heterocycles. The summed E-state index contributed by atoms with van der Waals surface area (Å²) >= 11 is 6.24. The average molecular weight is 349 g/mol. The van der Waals surface area contributed by atoms with Crippen LogP contribution in [0.2, 0.25) is 5.02 Å². The van der Waals surface area contributed by atoms with Crippen LogP contribution in [0.25, 0.3) is 0 Å². The van der Waals surface area contributed by atoms with E-state index in [0.717, 1.165) is 22.5 Å². The van der Waals surface area contributed by atoms with Gasteiger partial charge in [-0.05, 0) is 42.8 Å². The number of rotatable bonds is 2. The first-order valence-electron chi connectivity index (χ1n) is 8.10. The van der Waals surface area contributed by atoms with Gasteiger partial charge in [0.1, 0.15) is 0 Å². The number of aliphatic imine (C=N–C) groups is 1. The SMILES string of the molecule is CC1(c2ccccc2)OC(Nc2ccccc2)=Nc2ccc(Cl)cc21. The normalized spacial score (nSPS) is 18.7. The van der Waals surface area contributed by atoms with Crippen LogP contribution in [0.4, 0.5) is 11.4 Å². The lowest BCUT2D eigenvalue weighted by molar-refractivity contribution is 0.113. The molecule has 3 nitrogen and oxygen atoms in total. The van der Waals surface area contributed by atoms with E-state index in [-0.39, 0.29) is 0 Å². The van der Waals surface area contributed by atoms with Gasteiger partial charge in [-0.3, -0.25) is 0 Å². The molecular weight excluding hydrogens is 332 g/mol. The van der Waals surface area contributed by atoms with Crippen LogP contribution in [0, 0.1) is 0 Å². The summed E-state index contributed by atoms with van der Waals surface area (Å²) in [6.45, 7) is 2.04. The summed E-state index contributed by atoms with van der Waals surface area (Å²) in [4.78, 5) is 4.63. The zero-order valence-electron chi connectivity index (χ0n) is 13.7. The van der Waals surface area contributed by atoms with E-state index in [9.17, 15) is 0 Å². The minimum Gasteiger partial charge on any atom is -0.449 e. The van der Waals surface area contributed by atoms with Gasteiger partial charge < -0.3 is 10.1 Å². The molecule has 1 heterocycles. The number of ether oxygens (including phenoxy) is 1.